The van der Waals surface area contributed by atoms with Gasteiger partial charge >= 0.3 is 5.69 Å². The highest BCUT2D eigenvalue weighted by Gasteiger charge is 2.28. The summed E-state index contributed by atoms with van der Waals surface area (Å²) in [5.74, 6) is -0.564. The van der Waals surface area contributed by atoms with Gasteiger partial charge in [0, 0.05) is 24.0 Å². The van der Waals surface area contributed by atoms with Crippen molar-refractivity contribution in [2.75, 3.05) is 13.6 Å². The maximum atomic E-state index is 13.3. The number of amides is 1. The molecule has 0 radical (unpaired) electrons. The molecule has 0 unspecified atom stereocenters. The predicted molar refractivity (Wildman–Crippen MR) is 102 cm³/mol. The van der Waals surface area contributed by atoms with E-state index in [-0.39, 0.29) is 23.8 Å². The lowest BCUT2D eigenvalue weighted by Gasteiger charge is -2.24. The van der Waals surface area contributed by atoms with Crippen LogP contribution in [0.15, 0.2) is 9.59 Å². The molecule has 2 aliphatic rings. The van der Waals surface area contributed by atoms with Crippen LogP contribution in [-0.2, 0) is 24.3 Å². The minimum absolute atomic E-state index is 0.0749. The number of rotatable bonds is 3. The second-order valence-electron chi connectivity index (χ2n) is 7.47. The summed E-state index contributed by atoms with van der Waals surface area (Å²) in [7, 11) is 2.05. The van der Waals surface area contributed by atoms with Crippen LogP contribution in [0.3, 0.4) is 0 Å². The number of likely N-dealkylation sites (N-methyl/N-ethyl adjacent to an activating group) is 1. The van der Waals surface area contributed by atoms with Gasteiger partial charge in [-0.1, -0.05) is 19.3 Å². The van der Waals surface area contributed by atoms with Crippen LogP contribution in [0.1, 0.15) is 48.6 Å². The van der Waals surface area contributed by atoms with Gasteiger partial charge < -0.3 is 10.6 Å². The summed E-state index contributed by atoms with van der Waals surface area (Å²) in [6.45, 7) is 1.47. The van der Waals surface area contributed by atoms with Gasteiger partial charge in [-0.25, -0.2) is 4.79 Å². The molecule has 4 rings (SSSR count). The number of nitrogens with zero attached hydrogens (tertiary/aromatic N) is 3. The first kappa shape index (κ1) is 17.5. The molecule has 2 aromatic rings. The maximum absolute atomic E-state index is 13.3. The Kier molecular flexibility index (Phi) is 4.48. The molecule has 0 saturated heterocycles. The Hall–Kier alpha value is -1.93. The van der Waals surface area contributed by atoms with Gasteiger partial charge in [-0.2, -0.15) is 0 Å². The van der Waals surface area contributed by atoms with Gasteiger partial charge in [0.2, 0.25) is 5.91 Å². The van der Waals surface area contributed by atoms with Crippen molar-refractivity contribution < 1.29 is 4.79 Å². The van der Waals surface area contributed by atoms with Gasteiger partial charge in [-0.3, -0.25) is 18.7 Å². The van der Waals surface area contributed by atoms with E-state index in [1.54, 1.807) is 0 Å². The third-order valence-electron chi connectivity index (χ3n) is 5.60. The minimum atomic E-state index is -0.564. The SMILES string of the molecule is CN1CCc2c(sc3c2c(=O)n(C2CCCCC2)c(=O)n3CC(N)=O)C1. The van der Waals surface area contributed by atoms with Gasteiger partial charge in [0.05, 0.1) is 5.39 Å². The zero-order valence-electron chi connectivity index (χ0n) is 15.0. The Balaban J connectivity index is 2.01. The molecule has 2 N–H and O–H groups in total. The summed E-state index contributed by atoms with van der Waals surface area (Å²) >= 11 is 1.46. The molecular weight excluding hydrogens is 352 g/mol. The number of aromatic nitrogens is 2. The van der Waals surface area contributed by atoms with E-state index < -0.39 is 5.91 Å². The largest absolute Gasteiger partial charge is 0.368 e. The number of hydrogen-bond donors (Lipinski definition) is 1. The van der Waals surface area contributed by atoms with Crippen LogP contribution in [0.25, 0.3) is 10.2 Å². The summed E-state index contributed by atoms with van der Waals surface area (Å²) < 4.78 is 2.84. The maximum Gasteiger partial charge on any atom is 0.332 e. The van der Waals surface area contributed by atoms with Crippen LogP contribution in [0.5, 0.6) is 0 Å². The van der Waals surface area contributed by atoms with Crippen molar-refractivity contribution in [1.29, 1.82) is 0 Å². The van der Waals surface area contributed by atoms with Crippen LogP contribution in [-0.4, -0.2) is 33.5 Å². The third kappa shape index (κ3) is 2.81. The van der Waals surface area contributed by atoms with Crippen molar-refractivity contribution in [3.8, 4) is 0 Å². The van der Waals surface area contributed by atoms with E-state index >= 15 is 0 Å². The lowest BCUT2D eigenvalue weighted by Crippen LogP contribution is -2.44. The molecular formula is C18H24N4O3S. The first-order valence-corrected chi connectivity index (χ1v) is 10.1. The Labute approximate surface area is 155 Å². The molecule has 7 nitrogen and oxygen atoms in total. The Morgan fingerprint density at radius 3 is 2.65 bits per heavy atom. The van der Waals surface area contributed by atoms with E-state index in [1.807, 2.05) is 7.05 Å². The smallest absolute Gasteiger partial charge is 0.332 e. The van der Waals surface area contributed by atoms with Gasteiger partial charge in [-0.05, 0) is 31.9 Å². The number of thiophene rings is 1. The normalized spacial score (nSPS) is 19.0. The van der Waals surface area contributed by atoms with E-state index in [4.69, 9.17) is 5.73 Å². The minimum Gasteiger partial charge on any atom is -0.368 e. The van der Waals surface area contributed by atoms with Gasteiger partial charge in [0.15, 0.2) is 0 Å². The van der Waals surface area contributed by atoms with E-state index in [2.05, 4.69) is 4.90 Å². The molecule has 140 valence electrons. The molecule has 26 heavy (non-hydrogen) atoms. The molecule has 1 saturated carbocycles. The number of nitrogens with two attached hydrogens (primary N) is 1. The number of primary amides is 1. The van der Waals surface area contributed by atoms with Gasteiger partial charge in [0.1, 0.15) is 11.4 Å². The molecule has 1 aliphatic carbocycles. The molecule has 2 aromatic heterocycles. The van der Waals surface area contributed by atoms with Crippen LogP contribution in [0.4, 0.5) is 0 Å². The van der Waals surface area contributed by atoms with Gasteiger partial charge in [-0.15, -0.1) is 11.3 Å². The summed E-state index contributed by atoms with van der Waals surface area (Å²) in [6.07, 6.45) is 5.66. The average molecular weight is 376 g/mol. The fraction of sp³-hybridized carbons (Fsp3) is 0.611. The molecule has 1 aliphatic heterocycles. The van der Waals surface area contributed by atoms with Crippen LogP contribution in [0, 0.1) is 0 Å². The van der Waals surface area contributed by atoms with Crippen LogP contribution in [0.2, 0.25) is 0 Å². The summed E-state index contributed by atoms with van der Waals surface area (Å²) in [5, 5.41) is 0.629. The first-order chi connectivity index (χ1) is 12.5. The van der Waals surface area contributed by atoms with Crippen molar-refractivity contribution >= 4 is 27.5 Å². The molecule has 0 spiro atoms. The fourth-order valence-corrected chi connectivity index (χ4v) is 5.72. The van der Waals surface area contributed by atoms with Crippen molar-refractivity contribution in [3.05, 3.63) is 31.3 Å². The number of carbonyl (C=O) groups excluding carboxylic acids is 1. The summed E-state index contributed by atoms with van der Waals surface area (Å²) in [6, 6.07) is -0.0749. The van der Waals surface area contributed by atoms with Crippen molar-refractivity contribution in [2.45, 2.75) is 57.7 Å². The van der Waals surface area contributed by atoms with Crippen molar-refractivity contribution in [1.82, 2.24) is 14.0 Å². The predicted octanol–water partition coefficient (Wildman–Crippen LogP) is 1.20. The number of fused-ring (bicyclic) bond motifs is 3. The molecule has 0 atom stereocenters. The average Bonchev–Trinajstić information content (AvgIpc) is 2.98. The summed E-state index contributed by atoms with van der Waals surface area (Å²) in [5.41, 5.74) is 5.89. The zero-order chi connectivity index (χ0) is 18.4. The highest BCUT2D eigenvalue weighted by Crippen LogP contribution is 2.33. The number of carbonyl (C=O) groups is 1. The quantitative estimate of drug-likeness (QED) is 0.872. The Morgan fingerprint density at radius 2 is 1.96 bits per heavy atom. The van der Waals surface area contributed by atoms with Crippen LogP contribution < -0.4 is 17.0 Å². The first-order valence-electron chi connectivity index (χ1n) is 9.23. The second kappa shape index (κ2) is 6.66. The topological polar surface area (TPSA) is 90.3 Å². The lowest BCUT2D eigenvalue weighted by molar-refractivity contribution is -0.118. The molecule has 3 heterocycles. The molecule has 8 heteroatoms. The fourth-order valence-electron chi connectivity index (χ4n) is 4.31. The second-order valence-corrected chi connectivity index (χ2v) is 8.56. The van der Waals surface area contributed by atoms with Crippen molar-refractivity contribution in [3.63, 3.8) is 0 Å². The molecule has 0 bridgehead atoms. The highest BCUT2D eigenvalue weighted by molar-refractivity contribution is 7.18. The summed E-state index contributed by atoms with van der Waals surface area (Å²) in [4.78, 5) is 42.0. The molecule has 1 amide bonds. The lowest BCUT2D eigenvalue weighted by atomic mass is 9.95. The zero-order valence-corrected chi connectivity index (χ0v) is 15.8. The van der Waals surface area contributed by atoms with E-state index in [9.17, 15) is 14.4 Å². The van der Waals surface area contributed by atoms with Crippen molar-refractivity contribution in [2.24, 2.45) is 5.73 Å². The monoisotopic (exact) mass is 376 g/mol. The Morgan fingerprint density at radius 1 is 1.23 bits per heavy atom. The highest BCUT2D eigenvalue weighted by atomic mass is 32.1. The van der Waals surface area contributed by atoms with Gasteiger partial charge in [0.25, 0.3) is 5.56 Å². The molecule has 1 fully saturated rings. The Bertz CT molecular complexity index is 981. The number of hydrogen-bond acceptors (Lipinski definition) is 5. The van der Waals surface area contributed by atoms with E-state index in [0.29, 0.717) is 10.2 Å². The molecule has 0 aromatic carbocycles. The van der Waals surface area contributed by atoms with E-state index in [0.717, 1.165) is 62.1 Å². The van der Waals surface area contributed by atoms with E-state index in [1.165, 1.54) is 20.5 Å². The standard InChI is InChI=1S/C18H24N4O3S/c1-20-8-7-12-13(9-20)26-17-15(12)16(24)22(11-5-3-2-4-6-11)18(25)21(17)10-14(19)23/h11H,2-10H2,1H3,(H2,19,23). The third-order valence-corrected chi connectivity index (χ3v) is 6.84. The van der Waals surface area contributed by atoms with Crippen LogP contribution >= 0.6 is 11.3 Å².